The number of pyridine rings is 1. The van der Waals surface area contributed by atoms with Crippen LogP contribution in [-0.2, 0) is 0 Å². The Morgan fingerprint density at radius 1 is 0.500 bits per heavy atom. The lowest BCUT2D eigenvalue weighted by Crippen LogP contribution is -1.94. The second kappa shape index (κ2) is 8.16. The van der Waals surface area contributed by atoms with Crippen LogP contribution in [0.15, 0.2) is 134 Å². The van der Waals surface area contributed by atoms with E-state index in [1.165, 1.54) is 74.5 Å². The molecule has 0 saturated heterocycles. The quantitative estimate of drug-likeness (QED) is 0.196. The molecule has 0 radical (unpaired) electrons. The molecule has 0 spiro atoms. The SMILES string of the molecule is c1ccc(-n2c3cccnc3c3c4ccc5ccc(-c6cccc7c6sc6ccccc67)c6ccc(cc32)c4c56)cc1. The monoisotopic (exact) mass is 550 g/mol. The molecule has 0 aliphatic rings. The van der Waals surface area contributed by atoms with Gasteiger partial charge in [-0.05, 0) is 74.3 Å². The highest BCUT2D eigenvalue weighted by Crippen LogP contribution is 2.46. The zero-order valence-electron chi connectivity index (χ0n) is 22.5. The van der Waals surface area contributed by atoms with Crippen molar-refractivity contribution in [3.63, 3.8) is 0 Å². The van der Waals surface area contributed by atoms with Crippen LogP contribution in [0.4, 0.5) is 0 Å². The minimum absolute atomic E-state index is 1.05. The summed E-state index contributed by atoms with van der Waals surface area (Å²) < 4.78 is 5.05. The first-order valence-corrected chi connectivity index (χ1v) is 15.1. The number of hydrogen-bond donors (Lipinski definition) is 0. The predicted molar refractivity (Wildman–Crippen MR) is 181 cm³/mol. The molecular weight excluding hydrogens is 529 g/mol. The van der Waals surface area contributed by atoms with Gasteiger partial charge in [-0.2, -0.15) is 0 Å². The summed E-state index contributed by atoms with van der Waals surface area (Å²) in [6.45, 7) is 0. The lowest BCUT2D eigenvalue weighted by molar-refractivity contribution is 1.18. The molecule has 3 aromatic heterocycles. The zero-order chi connectivity index (χ0) is 27.4. The van der Waals surface area contributed by atoms with Crippen molar-refractivity contribution in [1.29, 1.82) is 0 Å². The van der Waals surface area contributed by atoms with Crippen LogP contribution < -0.4 is 0 Å². The molecule has 0 aliphatic carbocycles. The molecule has 10 aromatic rings. The Labute approximate surface area is 245 Å². The minimum Gasteiger partial charge on any atom is -0.308 e. The van der Waals surface area contributed by atoms with Gasteiger partial charge >= 0.3 is 0 Å². The lowest BCUT2D eigenvalue weighted by atomic mass is 9.88. The molecule has 2 nitrogen and oxygen atoms in total. The predicted octanol–water partition coefficient (Wildman–Crippen LogP) is 11.1. The molecule has 10 rings (SSSR count). The largest absolute Gasteiger partial charge is 0.308 e. The fraction of sp³-hybridized carbons (Fsp3) is 0. The van der Waals surface area contributed by atoms with Crippen molar-refractivity contribution in [2.75, 3.05) is 0 Å². The summed E-state index contributed by atoms with van der Waals surface area (Å²) in [5, 5.41) is 11.6. The van der Waals surface area contributed by atoms with E-state index in [0.29, 0.717) is 0 Å². The number of hydrogen-bond acceptors (Lipinski definition) is 2. The summed E-state index contributed by atoms with van der Waals surface area (Å²) in [6, 6.07) is 46.6. The van der Waals surface area contributed by atoms with E-state index < -0.39 is 0 Å². The molecule has 3 heterocycles. The number of thiophene rings is 1. The Kier molecular flexibility index (Phi) is 4.36. The molecule has 0 unspecified atom stereocenters. The Morgan fingerprint density at radius 3 is 2.24 bits per heavy atom. The molecule has 0 saturated carbocycles. The smallest absolute Gasteiger partial charge is 0.0969 e. The maximum Gasteiger partial charge on any atom is 0.0969 e. The van der Waals surface area contributed by atoms with Gasteiger partial charge in [-0.3, -0.25) is 4.98 Å². The number of aromatic nitrogens is 2. The van der Waals surface area contributed by atoms with E-state index in [1.54, 1.807) is 0 Å². The normalized spacial score (nSPS) is 12.3. The van der Waals surface area contributed by atoms with Gasteiger partial charge < -0.3 is 4.57 Å². The lowest BCUT2D eigenvalue weighted by Gasteiger charge is -2.16. The summed E-state index contributed by atoms with van der Waals surface area (Å²) in [5.41, 5.74) is 7.11. The highest BCUT2D eigenvalue weighted by atomic mass is 32.1. The molecule has 0 bridgehead atoms. The fourth-order valence-corrected chi connectivity index (χ4v) is 8.47. The van der Waals surface area contributed by atoms with Crippen LogP contribution in [0.1, 0.15) is 0 Å². The Hall–Kier alpha value is -5.25. The molecule has 0 N–H and O–H groups in total. The van der Waals surface area contributed by atoms with Crippen molar-refractivity contribution in [2.24, 2.45) is 0 Å². The first kappa shape index (κ1) is 22.4. The summed E-state index contributed by atoms with van der Waals surface area (Å²) in [6.07, 6.45) is 1.92. The van der Waals surface area contributed by atoms with E-state index in [2.05, 4.69) is 126 Å². The van der Waals surface area contributed by atoms with Gasteiger partial charge in [-0.1, -0.05) is 91.0 Å². The van der Waals surface area contributed by atoms with Gasteiger partial charge in [-0.25, -0.2) is 0 Å². The van der Waals surface area contributed by atoms with Crippen LogP contribution in [0.3, 0.4) is 0 Å². The molecule has 0 atom stereocenters. The van der Waals surface area contributed by atoms with E-state index in [-0.39, 0.29) is 0 Å². The Morgan fingerprint density at radius 2 is 1.29 bits per heavy atom. The third-order valence-corrected chi connectivity index (χ3v) is 10.2. The second-order valence-electron chi connectivity index (χ2n) is 11.1. The van der Waals surface area contributed by atoms with Crippen molar-refractivity contribution in [1.82, 2.24) is 9.55 Å². The highest BCUT2D eigenvalue weighted by Gasteiger charge is 2.20. The molecule has 0 fully saturated rings. The van der Waals surface area contributed by atoms with Gasteiger partial charge in [-0.15, -0.1) is 11.3 Å². The second-order valence-corrected chi connectivity index (χ2v) is 12.2. The van der Waals surface area contributed by atoms with E-state index >= 15 is 0 Å². The number of para-hydroxylation sites is 1. The standard InChI is InChI=1S/C39H22N2S/c1-2-8-25(9-3-1)41-32-13-7-21-40-38(32)37-31-20-16-23-15-18-26(28-19-17-24(22-33(37)41)36(31)35(23)28)29-11-6-12-30-27-10-4-5-14-34(27)42-39(29)30/h1-22H. The van der Waals surface area contributed by atoms with Crippen molar-refractivity contribution in [3.8, 4) is 16.8 Å². The maximum absolute atomic E-state index is 4.94. The average molecular weight is 551 g/mol. The summed E-state index contributed by atoms with van der Waals surface area (Å²) in [4.78, 5) is 4.94. The average Bonchev–Trinajstić information content (AvgIpc) is 3.59. The number of benzene rings is 7. The number of rotatable bonds is 2. The minimum atomic E-state index is 1.05. The maximum atomic E-state index is 4.94. The van der Waals surface area contributed by atoms with Gasteiger partial charge in [0.1, 0.15) is 0 Å². The summed E-state index contributed by atoms with van der Waals surface area (Å²) >= 11 is 1.90. The van der Waals surface area contributed by atoms with Crippen LogP contribution in [0.2, 0.25) is 0 Å². The number of nitrogens with zero attached hydrogens (tertiary/aromatic N) is 2. The van der Waals surface area contributed by atoms with Crippen molar-refractivity contribution in [2.45, 2.75) is 0 Å². The van der Waals surface area contributed by atoms with Crippen LogP contribution in [0, 0.1) is 0 Å². The first-order chi connectivity index (χ1) is 20.8. The van der Waals surface area contributed by atoms with Crippen molar-refractivity contribution < 1.29 is 0 Å². The molecule has 0 amide bonds. The number of fused-ring (bicyclic) bond motifs is 7. The highest BCUT2D eigenvalue weighted by molar-refractivity contribution is 7.26. The van der Waals surface area contributed by atoms with Gasteiger partial charge in [0.15, 0.2) is 0 Å². The van der Waals surface area contributed by atoms with Gasteiger partial charge in [0, 0.05) is 43.0 Å². The first-order valence-electron chi connectivity index (χ1n) is 14.3. The molecule has 3 heteroatoms. The Bertz CT molecular complexity index is 2680. The van der Waals surface area contributed by atoms with E-state index in [0.717, 1.165) is 16.7 Å². The molecular formula is C39H22N2S. The molecule has 0 aliphatic heterocycles. The third-order valence-electron chi connectivity index (χ3n) is 8.98. The van der Waals surface area contributed by atoms with E-state index in [1.807, 2.05) is 23.6 Å². The van der Waals surface area contributed by atoms with Crippen LogP contribution in [-0.4, -0.2) is 9.55 Å². The van der Waals surface area contributed by atoms with Crippen molar-refractivity contribution >= 4 is 85.8 Å². The summed E-state index contributed by atoms with van der Waals surface area (Å²) in [7, 11) is 0. The van der Waals surface area contributed by atoms with Crippen LogP contribution in [0.5, 0.6) is 0 Å². The van der Waals surface area contributed by atoms with Gasteiger partial charge in [0.05, 0.1) is 16.6 Å². The molecule has 7 aromatic carbocycles. The van der Waals surface area contributed by atoms with Gasteiger partial charge in [0.25, 0.3) is 0 Å². The zero-order valence-corrected chi connectivity index (χ0v) is 23.3. The fourth-order valence-electron chi connectivity index (χ4n) is 7.24. The molecule has 194 valence electrons. The van der Waals surface area contributed by atoms with Crippen LogP contribution >= 0.6 is 11.3 Å². The van der Waals surface area contributed by atoms with Crippen LogP contribution in [0.25, 0.3) is 91.2 Å². The topological polar surface area (TPSA) is 17.8 Å². The van der Waals surface area contributed by atoms with Crippen molar-refractivity contribution in [3.05, 3.63) is 134 Å². The third kappa shape index (κ3) is 2.85. The van der Waals surface area contributed by atoms with E-state index in [4.69, 9.17) is 4.98 Å². The summed E-state index contributed by atoms with van der Waals surface area (Å²) in [5.74, 6) is 0. The Balaban J connectivity index is 1.35. The van der Waals surface area contributed by atoms with Gasteiger partial charge in [0.2, 0.25) is 0 Å². The van der Waals surface area contributed by atoms with E-state index in [9.17, 15) is 0 Å². The molecule has 42 heavy (non-hydrogen) atoms.